The SMILES string of the molecule is c1ccc(-c2cc(-c3ccccc3)nc(-n3c4ccccc4c4cc5c6cc(-c7ccc(N(c8cccc(-c9ccccn9)c8)c8cccc(-c9ccccn9)c8)o7)ccc6n(-c6ccccc6)c5cc43)n2)cc1. The molecule has 0 fully saturated rings. The molecule has 0 aliphatic rings. The average molecular weight is 950 g/mol. The maximum absolute atomic E-state index is 7.02. The summed E-state index contributed by atoms with van der Waals surface area (Å²) in [5, 5.41) is 4.45. The highest BCUT2D eigenvalue weighted by Gasteiger charge is 2.23. The Morgan fingerprint density at radius 1 is 0.324 bits per heavy atom. The summed E-state index contributed by atoms with van der Waals surface area (Å²) in [4.78, 5) is 22.2. The molecule has 0 bridgehead atoms. The van der Waals surface area contributed by atoms with Crippen molar-refractivity contribution in [1.29, 1.82) is 0 Å². The molecule has 6 aromatic heterocycles. The van der Waals surface area contributed by atoms with Gasteiger partial charge in [0.15, 0.2) is 0 Å². The second kappa shape index (κ2) is 17.9. The monoisotopic (exact) mass is 949 g/mol. The van der Waals surface area contributed by atoms with Gasteiger partial charge in [-0.2, -0.15) is 0 Å². The number of hydrogen-bond donors (Lipinski definition) is 0. The third-order valence-corrected chi connectivity index (χ3v) is 13.9. The van der Waals surface area contributed by atoms with Gasteiger partial charge >= 0.3 is 0 Å². The zero-order chi connectivity index (χ0) is 49.0. The van der Waals surface area contributed by atoms with E-state index in [2.05, 4.69) is 224 Å². The first kappa shape index (κ1) is 42.7. The minimum atomic E-state index is 0.606. The van der Waals surface area contributed by atoms with Gasteiger partial charge in [0.1, 0.15) is 5.76 Å². The molecular weight excluding hydrogens is 907 g/mol. The van der Waals surface area contributed by atoms with Crippen molar-refractivity contribution in [2.45, 2.75) is 0 Å². The highest BCUT2D eigenvalue weighted by atomic mass is 16.4. The topological polar surface area (TPSA) is 77.8 Å². The Morgan fingerprint density at radius 3 is 1.50 bits per heavy atom. The van der Waals surface area contributed by atoms with Crippen molar-refractivity contribution in [3.05, 3.63) is 261 Å². The fourth-order valence-electron chi connectivity index (χ4n) is 10.4. The van der Waals surface area contributed by atoms with Gasteiger partial charge in [0.05, 0.1) is 44.8 Å². The van der Waals surface area contributed by atoms with Crippen LogP contribution in [0.15, 0.2) is 266 Å². The molecule has 0 aliphatic carbocycles. The fraction of sp³-hybridized carbons (Fsp3) is 0. The normalized spacial score (nSPS) is 11.5. The highest BCUT2D eigenvalue weighted by molar-refractivity contribution is 6.19. The molecule has 0 saturated carbocycles. The first-order valence-corrected chi connectivity index (χ1v) is 24.7. The van der Waals surface area contributed by atoms with Crippen molar-refractivity contribution < 1.29 is 4.42 Å². The summed E-state index contributed by atoms with van der Waals surface area (Å²) in [6, 6.07) is 86.3. The molecule has 0 unspecified atom stereocenters. The van der Waals surface area contributed by atoms with Crippen LogP contribution in [0.3, 0.4) is 0 Å². The highest BCUT2D eigenvalue weighted by Crippen LogP contribution is 2.44. The van der Waals surface area contributed by atoms with Crippen LogP contribution in [0.2, 0.25) is 0 Å². The molecule has 0 spiro atoms. The lowest BCUT2D eigenvalue weighted by Gasteiger charge is -2.23. The van der Waals surface area contributed by atoms with Gasteiger partial charge in [-0.3, -0.25) is 19.4 Å². The molecule has 14 aromatic rings. The maximum atomic E-state index is 7.02. The van der Waals surface area contributed by atoms with Gasteiger partial charge in [0, 0.05) is 84.9 Å². The van der Waals surface area contributed by atoms with Gasteiger partial charge in [-0.1, -0.05) is 133 Å². The molecular formula is C66H43N7O. The molecule has 0 amide bonds. The Kier molecular flexibility index (Phi) is 10.3. The van der Waals surface area contributed by atoms with Gasteiger partial charge in [-0.15, -0.1) is 0 Å². The zero-order valence-corrected chi connectivity index (χ0v) is 39.9. The number of benzene rings is 8. The smallest absolute Gasteiger partial charge is 0.235 e. The molecule has 14 rings (SSSR count). The molecule has 6 heterocycles. The molecule has 8 heteroatoms. The second-order valence-electron chi connectivity index (χ2n) is 18.3. The molecule has 0 aliphatic heterocycles. The van der Waals surface area contributed by atoms with E-state index in [1.807, 2.05) is 60.9 Å². The predicted molar refractivity (Wildman–Crippen MR) is 300 cm³/mol. The van der Waals surface area contributed by atoms with E-state index in [0.29, 0.717) is 11.8 Å². The Balaban J connectivity index is 0.949. The summed E-state index contributed by atoms with van der Waals surface area (Å²) in [7, 11) is 0. The van der Waals surface area contributed by atoms with Gasteiger partial charge in [0.25, 0.3) is 0 Å². The first-order chi connectivity index (χ1) is 36.7. The number of pyridine rings is 2. The lowest BCUT2D eigenvalue weighted by Crippen LogP contribution is -2.09. The van der Waals surface area contributed by atoms with E-state index in [-0.39, 0.29) is 0 Å². The van der Waals surface area contributed by atoms with Crippen LogP contribution in [0.4, 0.5) is 17.3 Å². The molecule has 0 saturated heterocycles. The Bertz CT molecular complexity index is 4220. The van der Waals surface area contributed by atoms with Gasteiger partial charge in [-0.05, 0) is 109 Å². The van der Waals surface area contributed by atoms with E-state index in [1.165, 1.54) is 0 Å². The zero-order valence-electron chi connectivity index (χ0n) is 39.9. The third-order valence-electron chi connectivity index (χ3n) is 13.9. The lowest BCUT2D eigenvalue weighted by molar-refractivity contribution is 0.588. The number of fused-ring (bicyclic) bond motifs is 6. The number of rotatable bonds is 10. The number of furan rings is 1. The van der Waals surface area contributed by atoms with Crippen molar-refractivity contribution in [1.82, 2.24) is 29.1 Å². The number of nitrogens with zero attached hydrogens (tertiary/aromatic N) is 7. The van der Waals surface area contributed by atoms with Crippen molar-refractivity contribution in [2.75, 3.05) is 4.90 Å². The standard InChI is InChI=1S/C66H43N7O/c1-4-18-44(19-5-1)58-42-59(45-20-6-2-7-21-45)70-66(69-58)73-60-31-11-10-28-52(60)54-41-55-53-40-48(32-33-61(53)72(62(55)43-63(54)73)49-24-8-3-9-25-49)64-34-35-65(74-64)71(50-26-16-22-46(38-50)56-29-12-14-36-67-56)51-27-17-23-47(39-51)57-30-13-15-37-68-57/h1-43H. The van der Waals surface area contributed by atoms with Gasteiger partial charge < -0.3 is 8.98 Å². The molecule has 8 nitrogen and oxygen atoms in total. The minimum absolute atomic E-state index is 0.606. The molecule has 0 radical (unpaired) electrons. The van der Waals surface area contributed by atoms with Crippen LogP contribution in [-0.2, 0) is 0 Å². The predicted octanol–water partition coefficient (Wildman–Crippen LogP) is 16.9. The van der Waals surface area contributed by atoms with E-state index in [0.717, 1.165) is 117 Å². The van der Waals surface area contributed by atoms with E-state index < -0.39 is 0 Å². The quantitative estimate of drug-likeness (QED) is 0.136. The van der Waals surface area contributed by atoms with Crippen LogP contribution in [0, 0.1) is 0 Å². The Labute approximate surface area is 426 Å². The molecule has 0 N–H and O–H groups in total. The molecule has 0 atom stereocenters. The van der Waals surface area contributed by atoms with Gasteiger partial charge in [-0.25, -0.2) is 9.97 Å². The van der Waals surface area contributed by atoms with Crippen molar-refractivity contribution in [2.24, 2.45) is 0 Å². The number of hydrogen-bond acceptors (Lipinski definition) is 6. The first-order valence-electron chi connectivity index (χ1n) is 24.7. The van der Waals surface area contributed by atoms with Crippen molar-refractivity contribution in [3.8, 4) is 68.0 Å². The summed E-state index contributed by atoms with van der Waals surface area (Å²) in [5.41, 5.74) is 15.6. The van der Waals surface area contributed by atoms with Crippen molar-refractivity contribution >= 4 is 60.9 Å². The van der Waals surface area contributed by atoms with Crippen LogP contribution in [-0.4, -0.2) is 29.1 Å². The summed E-state index contributed by atoms with van der Waals surface area (Å²) < 4.78 is 11.6. The average Bonchev–Trinajstić information content (AvgIpc) is 4.19. The van der Waals surface area contributed by atoms with E-state index in [1.54, 1.807) is 0 Å². The Morgan fingerprint density at radius 2 is 0.865 bits per heavy atom. The number of anilines is 3. The largest absolute Gasteiger partial charge is 0.440 e. The fourth-order valence-corrected chi connectivity index (χ4v) is 10.4. The number of aromatic nitrogens is 6. The van der Waals surface area contributed by atoms with Crippen LogP contribution < -0.4 is 4.90 Å². The van der Waals surface area contributed by atoms with Gasteiger partial charge in [0.2, 0.25) is 11.8 Å². The van der Waals surface area contributed by atoms with E-state index in [9.17, 15) is 0 Å². The summed E-state index contributed by atoms with van der Waals surface area (Å²) >= 11 is 0. The van der Waals surface area contributed by atoms with Crippen LogP contribution in [0.5, 0.6) is 0 Å². The molecule has 348 valence electrons. The maximum Gasteiger partial charge on any atom is 0.235 e. The summed E-state index contributed by atoms with van der Waals surface area (Å²) in [5.74, 6) is 2.03. The molecule has 74 heavy (non-hydrogen) atoms. The van der Waals surface area contributed by atoms with E-state index >= 15 is 0 Å². The van der Waals surface area contributed by atoms with Crippen LogP contribution in [0.25, 0.3) is 112 Å². The Hall–Kier alpha value is -10.2. The summed E-state index contributed by atoms with van der Waals surface area (Å²) in [6.07, 6.45) is 3.65. The second-order valence-corrected chi connectivity index (χ2v) is 18.3. The third kappa shape index (κ3) is 7.48. The van der Waals surface area contributed by atoms with E-state index in [4.69, 9.17) is 14.4 Å². The summed E-state index contributed by atoms with van der Waals surface area (Å²) in [6.45, 7) is 0. The van der Waals surface area contributed by atoms with Crippen molar-refractivity contribution in [3.63, 3.8) is 0 Å². The number of para-hydroxylation sites is 2. The van der Waals surface area contributed by atoms with Crippen LogP contribution in [0.1, 0.15) is 0 Å². The molecule has 8 aromatic carbocycles. The van der Waals surface area contributed by atoms with Crippen LogP contribution >= 0.6 is 0 Å². The lowest BCUT2D eigenvalue weighted by atomic mass is 10.1. The minimum Gasteiger partial charge on any atom is -0.440 e.